The van der Waals surface area contributed by atoms with Crippen LogP contribution in [0.4, 0.5) is 10.1 Å². The molecule has 31 heavy (non-hydrogen) atoms. The van der Waals surface area contributed by atoms with Gasteiger partial charge in [0, 0.05) is 18.8 Å². The smallest absolute Gasteiger partial charge is 0.267 e. The number of nitrogens with zero attached hydrogens (tertiary/aromatic N) is 4. The lowest BCUT2D eigenvalue weighted by Crippen LogP contribution is -2.29. The predicted molar refractivity (Wildman–Crippen MR) is 116 cm³/mol. The van der Waals surface area contributed by atoms with E-state index >= 15 is 0 Å². The van der Waals surface area contributed by atoms with Crippen molar-refractivity contribution in [2.75, 3.05) is 4.90 Å². The minimum atomic E-state index is -0.416. The number of rotatable bonds is 3. The molecule has 0 saturated carbocycles. The molecule has 0 spiro atoms. The Morgan fingerprint density at radius 2 is 1.61 bits per heavy atom. The monoisotopic (exact) mass is 414 g/mol. The summed E-state index contributed by atoms with van der Waals surface area (Å²) in [6.07, 6.45) is 1.43. The van der Waals surface area contributed by atoms with Gasteiger partial charge in [0.2, 0.25) is 0 Å². The van der Waals surface area contributed by atoms with E-state index in [1.165, 1.54) is 23.2 Å². The Hall–Kier alpha value is -3.87. The molecule has 0 saturated heterocycles. The lowest BCUT2D eigenvalue weighted by Gasteiger charge is -2.15. The fourth-order valence-electron chi connectivity index (χ4n) is 3.98. The molecular weight excluding hydrogens is 395 g/mol. The molecule has 0 unspecified atom stereocenters. The maximum Gasteiger partial charge on any atom is 0.267 e. The summed E-state index contributed by atoms with van der Waals surface area (Å²) in [5.74, 6) is -0.856. The first-order valence-corrected chi connectivity index (χ1v) is 9.97. The minimum absolute atomic E-state index is 0.238. The highest BCUT2D eigenvalue weighted by Gasteiger charge is 2.40. The Morgan fingerprint density at radius 1 is 0.935 bits per heavy atom. The van der Waals surface area contributed by atoms with Crippen LogP contribution in [0.25, 0.3) is 22.3 Å². The second kappa shape index (κ2) is 6.84. The SMILES string of the molecule is CC(C)c1ccc(N2C(=O)c3cnc4c(c(-c5ccc(F)cc5)nn4C)c3C2=O)cc1. The molecule has 2 amide bonds. The standard InChI is InChI=1S/C24H19FN4O2/c1-13(2)14-6-10-17(11-7-14)29-23(30)18-12-26-22-20(19(18)24(29)31)21(27-28(22)3)15-4-8-16(25)9-5-15/h4-13H,1-3H3. The van der Waals surface area contributed by atoms with E-state index in [4.69, 9.17) is 0 Å². The third-order valence-electron chi connectivity index (χ3n) is 5.64. The van der Waals surface area contributed by atoms with Crippen molar-refractivity contribution in [3.63, 3.8) is 0 Å². The van der Waals surface area contributed by atoms with Crippen molar-refractivity contribution in [3.05, 3.63) is 77.2 Å². The van der Waals surface area contributed by atoms with Crippen molar-refractivity contribution < 1.29 is 14.0 Å². The Kier molecular flexibility index (Phi) is 4.22. The fraction of sp³-hybridized carbons (Fsp3) is 0.167. The molecule has 1 aliphatic rings. The molecule has 2 aromatic heterocycles. The van der Waals surface area contributed by atoms with Gasteiger partial charge in [-0.15, -0.1) is 0 Å². The third kappa shape index (κ3) is 2.84. The number of amides is 2. The summed E-state index contributed by atoms with van der Waals surface area (Å²) in [4.78, 5) is 32.2. The molecule has 3 heterocycles. The van der Waals surface area contributed by atoms with Crippen molar-refractivity contribution in [1.29, 1.82) is 0 Å². The average Bonchev–Trinajstić information content (AvgIpc) is 3.23. The number of fused-ring (bicyclic) bond motifs is 3. The number of carbonyl (C=O) groups excluding carboxylic acids is 2. The number of anilines is 1. The molecule has 0 fully saturated rings. The number of aromatic nitrogens is 3. The van der Waals surface area contributed by atoms with Crippen molar-refractivity contribution in [1.82, 2.24) is 14.8 Å². The number of aryl methyl sites for hydroxylation is 1. The van der Waals surface area contributed by atoms with Crippen LogP contribution in [-0.2, 0) is 7.05 Å². The Bertz CT molecular complexity index is 1360. The van der Waals surface area contributed by atoms with Gasteiger partial charge in [-0.25, -0.2) is 19.0 Å². The van der Waals surface area contributed by atoms with Crippen LogP contribution in [0.5, 0.6) is 0 Å². The highest BCUT2D eigenvalue weighted by atomic mass is 19.1. The van der Waals surface area contributed by atoms with Crippen LogP contribution >= 0.6 is 0 Å². The van der Waals surface area contributed by atoms with Gasteiger partial charge in [0.25, 0.3) is 11.8 Å². The highest BCUT2D eigenvalue weighted by molar-refractivity contribution is 6.38. The van der Waals surface area contributed by atoms with E-state index in [0.29, 0.717) is 33.9 Å². The second-order valence-electron chi connectivity index (χ2n) is 7.92. The summed E-state index contributed by atoms with van der Waals surface area (Å²) in [6, 6.07) is 13.3. The first-order valence-electron chi connectivity index (χ1n) is 9.97. The van der Waals surface area contributed by atoms with Gasteiger partial charge >= 0.3 is 0 Å². The Morgan fingerprint density at radius 3 is 2.26 bits per heavy atom. The van der Waals surface area contributed by atoms with Crippen LogP contribution in [0, 0.1) is 5.82 Å². The molecule has 0 aliphatic carbocycles. The van der Waals surface area contributed by atoms with Crippen molar-refractivity contribution in [2.24, 2.45) is 7.05 Å². The zero-order valence-electron chi connectivity index (χ0n) is 17.3. The van der Waals surface area contributed by atoms with Gasteiger partial charge in [0.1, 0.15) is 11.5 Å². The van der Waals surface area contributed by atoms with E-state index in [2.05, 4.69) is 23.9 Å². The Labute approximate surface area is 177 Å². The van der Waals surface area contributed by atoms with Crippen LogP contribution in [-0.4, -0.2) is 26.6 Å². The van der Waals surface area contributed by atoms with Crippen LogP contribution in [0.2, 0.25) is 0 Å². The number of halogens is 1. The van der Waals surface area contributed by atoms with Crippen LogP contribution in [0.1, 0.15) is 46.0 Å². The van der Waals surface area contributed by atoms with Gasteiger partial charge in [0.15, 0.2) is 5.65 Å². The lowest BCUT2D eigenvalue weighted by molar-refractivity contribution is 0.0926. The predicted octanol–water partition coefficient (Wildman–Crippen LogP) is 4.70. The van der Waals surface area contributed by atoms with Crippen molar-refractivity contribution in [3.8, 4) is 11.3 Å². The summed E-state index contributed by atoms with van der Waals surface area (Å²) in [7, 11) is 1.72. The van der Waals surface area contributed by atoms with Gasteiger partial charge in [-0.05, 0) is 47.9 Å². The summed E-state index contributed by atoms with van der Waals surface area (Å²) in [6.45, 7) is 4.16. The number of imide groups is 1. The maximum absolute atomic E-state index is 13.5. The van der Waals surface area contributed by atoms with E-state index in [1.54, 1.807) is 36.0 Å². The van der Waals surface area contributed by atoms with Crippen LogP contribution in [0.15, 0.2) is 54.7 Å². The zero-order chi connectivity index (χ0) is 21.9. The largest absolute Gasteiger partial charge is 0.268 e. The summed E-state index contributed by atoms with van der Waals surface area (Å²) < 4.78 is 15.0. The summed E-state index contributed by atoms with van der Waals surface area (Å²) >= 11 is 0. The van der Waals surface area contributed by atoms with Gasteiger partial charge in [-0.2, -0.15) is 5.10 Å². The normalized spacial score (nSPS) is 13.5. The number of pyridine rings is 1. The van der Waals surface area contributed by atoms with Crippen LogP contribution < -0.4 is 4.90 Å². The van der Waals surface area contributed by atoms with Gasteiger partial charge in [-0.3, -0.25) is 9.59 Å². The molecule has 0 bridgehead atoms. The number of hydrogen-bond acceptors (Lipinski definition) is 4. The van der Waals surface area contributed by atoms with E-state index in [1.807, 2.05) is 12.1 Å². The van der Waals surface area contributed by atoms with Crippen LogP contribution in [0.3, 0.4) is 0 Å². The minimum Gasteiger partial charge on any atom is -0.268 e. The third-order valence-corrected chi connectivity index (χ3v) is 5.64. The number of carbonyl (C=O) groups is 2. The molecular formula is C24H19FN4O2. The first-order chi connectivity index (χ1) is 14.9. The number of hydrogen-bond donors (Lipinski definition) is 0. The molecule has 0 N–H and O–H groups in total. The molecule has 0 atom stereocenters. The zero-order valence-corrected chi connectivity index (χ0v) is 17.3. The summed E-state index contributed by atoms with van der Waals surface area (Å²) in [5, 5.41) is 5.00. The van der Waals surface area contributed by atoms with E-state index in [9.17, 15) is 14.0 Å². The quantitative estimate of drug-likeness (QED) is 0.456. The second-order valence-corrected chi connectivity index (χ2v) is 7.92. The lowest BCUT2D eigenvalue weighted by atomic mass is 10.0. The maximum atomic E-state index is 13.5. The molecule has 7 heteroatoms. The van der Waals surface area contributed by atoms with Gasteiger partial charge in [0.05, 0.1) is 22.2 Å². The Balaban J connectivity index is 1.69. The van der Waals surface area contributed by atoms with Crippen molar-refractivity contribution >= 4 is 28.5 Å². The molecule has 1 aliphatic heterocycles. The molecule has 6 nitrogen and oxygen atoms in total. The van der Waals surface area contributed by atoms with Gasteiger partial charge < -0.3 is 0 Å². The summed E-state index contributed by atoms with van der Waals surface area (Å²) in [5.41, 5.74) is 3.75. The molecule has 4 aromatic rings. The molecule has 0 radical (unpaired) electrons. The van der Waals surface area contributed by atoms with Crippen molar-refractivity contribution in [2.45, 2.75) is 19.8 Å². The van der Waals surface area contributed by atoms with E-state index in [-0.39, 0.29) is 16.9 Å². The number of benzene rings is 2. The highest BCUT2D eigenvalue weighted by Crippen LogP contribution is 2.37. The topological polar surface area (TPSA) is 68.1 Å². The molecule has 154 valence electrons. The molecule has 5 rings (SSSR count). The van der Waals surface area contributed by atoms with Gasteiger partial charge in [-0.1, -0.05) is 26.0 Å². The fourth-order valence-corrected chi connectivity index (χ4v) is 3.98. The van der Waals surface area contributed by atoms with E-state index < -0.39 is 11.8 Å². The average molecular weight is 414 g/mol. The van der Waals surface area contributed by atoms with E-state index in [0.717, 1.165) is 5.56 Å². The first kappa shape index (κ1) is 19.1. The molecule has 2 aromatic carbocycles.